The summed E-state index contributed by atoms with van der Waals surface area (Å²) in [6.45, 7) is 4.01. The normalized spacial score (nSPS) is 12.2. The first-order chi connectivity index (χ1) is 15.4. The van der Waals surface area contributed by atoms with Crippen LogP contribution in [0.5, 0.6) is 0 Å². The van der Waals surface area contributed by atoms with Crippen molar-refractivity contribution < 1.29 is 13.9 Å². The Bertz CT molecular complexity index is 1330. The molecule has 0 spiro atoms. The van der Waals surface area contributed by atoms with Crippen LogP contribution >= 0.6 is 22.7 Å². The zero-order chi connectivity index (χ0) is 22.8. The van der Waals surface area contributed by atoms with Gasteiger partial charge in [0.15, 0.2) is 0 Å². The molecule has 1 unspecified atom stereocenters. The Balaban J connectivity index is 1.73. The van der Waals surface area contributed by atoms with Gasteiger partial charge in [-0.05, 0) is 31.0 Å². The number of carbonyl (C=O) groups is 1. The van der Waals surface area contributed by atoms with E-state index in [0.29, 0.717) is 38.9 Å². The Morgan fingerprint density at radius 1 is 1.25 bits per heavy atom. The maximum Gasteiger partial charge on any atom is 0.263 e. The van der Waals surface area contributed by atoms with Gasteiger partial charge in [0.25, 0.3) is 5.56 Å². The Morgan fingerprint density at radius 2 is 2.00 bits per heavy atom. The average Bonchev–Trinajstić information content (AvgIpc) is 3.35. The molecule has 0 fully saturated rings. The summed E-state index contributed by atoms with van der Waals surface area (Å²) in [5.41, 5.74) is 1.11. The number of amides is 1. The fourth-order valence-electron chi connectivity index (χ4n) is 3.48. The molecule has 3 aromatic heterocycles. The molecule has 1 amide bonds. The fraction of sp³-hybridized carbons (Fsp3) is 0.286. The Hall–Kier alpha value is -3.02. The lowest BCUT2D eigenvalue weighted by molar-refractivity contribution is -0.119. The van der Waals surface area contributed by atoms with E-state index >= 15 is 0 Å². The van der Waals surface area contributed by atoms with E-state index < -0.39 is 6.04 Å². The third-order valence-electron chi connectivity index (χ3n) is 4.94. The lowest BCUT2D eigenvalue weighted by atomic mass is 10.0. The highest BCUT2D eigenvalue weighted by molar-refractivity contribution is 7.19. The number of rotatable bonds is 7. The molecule has 0 saturated heterocycles. The average molecular weight is 474 g/mol. The number of thiophene rings is 1. The number of hydrogen-bond donors (Lipinski definition) is 1. The summed E-state index contributed by atoms with van der Waals surface area (Å²) in [5, 5.41) is 12.0. The molecule has 32 heavy (non-hydrogen) atoms. The van der Waals surface area contributed by atoms with Crippen molar-refractivity contribution in [3.05, 3.63) is 56.6 Å². The quantitative estimate of drug-likeness (QED) is 0.433. The van der Waals surface area contributed by atoms with E-state index in [2.05, 4.69) is 20.5 Å². The molecule has 1 atom stereocenters. The lowest BCUT2D eigenvalue weighted by Gasteiger charge is -2.16. The smallest absolute Gasteiger partial charge is 0.263 e. The van der Waals surface area contributed by atoms with Crippen molar-refractivity contribution in [1.82, 2.24) is 19.7 Å². The zero-order valence-corrected chi connectivity index (χ0v) is 19.2. The summed E-state index contributed by atoms with van der Waals surface area (Å²) in [6, 6.07) is 5.20. The van der Waals surface area contributed by atoms with Crippen molar-refractivity contribution in [3.8, 4) is 11.1 Å². The van der Waals surface area contributed by atoms with Crippen LogP contribution in [0.1, 0.15) is 29.3 Å². The topological polar surface area (TPSA) is 99.0 Å². The Kier molecular flexibility index (Phi) is 6.40. The predicted molar refractivity (Wildman–Crippen MR) is 123 cm³/mol. The number of aryl methyl sites for hydroxylation is 1. The van der Waals surface area contributed by atoms with Crippen LogP contribution in [-0.4, -0.2) is 32.8 Å². The first kappa shape index (κ1) is 22.2. The largest absolute Gasteiger partial charge is 0.377 e. The van der Waals surface area contributed by atoms with Gasteiger partial charge in [0.05, 0.1) is 11.7 Å². The highest BCUT2D eigenvalue weighted by atomic mass is 32.1. The highest BCUT2D eigenvalue weighted by Gasteiger charge is 2.24. The van der Waals surface area contributed by atoms with Crippen LogP contribution in [0.15, 0.2) is 35.4 Å². The zero-order valence-electron chi connectivity index (χ0n) is 17.6. The molecular weight excluding hydrogens is 453 g/mol. The Labute approximate surface area is 190 Å². The van der Waals surface area contributed by atoms with E-state index in [1.807, 2.05) is 13.8 Å². The van der Waals surface area contributed by atoms with Gasteiger partial charge in [-0.3, -0.25) is 19.5 Å². The number of nitrogens with one attached hydrogen (secondary N) is 1. The molecule has 0 bridgehead atoms. The number of methoxy groups -OCH3 is 1. The van der Waals surface area contributed by atoms with Crippen molar-refractivity contribution in [3.63, 3.8) is 0 Å². The monoisotopic (exact) mass is 473 g/mol. The van der Waals surface area contributed by atoms with Crippen LogP contribution in [-0.2, 0) is 16.1 Å². The first-order valence-corrected chi connectivity index (χ1v) is 11.4. The van der Waals surface area contributed by atoms with Gasteiger partial charge >= 0.3 is 0 Å². The summed E-state index contributed by atoms with van der Waals surface area (Å²) in [4.78, 5) is 32.4. The van der Waals surface area contributed by atoms with E-state index in [1.165, 1.54) is 45.7 Å². The lowest BCUT2D eigenvalue weighted by Crippen LogP contribution is -2.33. The SMILES string of the molecule is CCC(C(=O)Nc1nnc(COC)s1)n1cnc2sc(C)c(-c3ccc(F)cc3)c2c1=O. The Morgan fingerprint density at radius 3 is 2.69 bits per heavy atom. The second-order valence-corrected chi connectivity index (χ2v) is 9.29. The van der Waals surface area contributed by atoms with Gasteiger partial charge < -0.3 is 4.74 Å². The molecular formula is C21H20FN5O3S2. The van der Waals surface area contributed by atoms with Crippen LogP contribution in [0.25, 0.3) is 21.3 Å². The molecule has 0 aliphatic rings. The molecule has 0 aliphatic heterocycles. The van der Waals surface area contributed by atoms with Gasteiger partial charge in [-0.2, -0.15) is 0 Å². The van der Waals surface area contributed by atoms with Crippen LogP contribution in [0, 0.1) is 12.7 Å². The molecule has 0 aliphatic carbocycles. The van der Waals surface area contributed by atoms with Crippen LogP contribution in [0.3, 0.4) is 0 Å². The first-order valence-electron chi connectivity index (χ1n) is 9.81. The maximum absolute atomic E-state index is 13.5. The molecule has 4 aromatic rings. The number of halogens is 1. The second kappa shape index (κ2) is 9.23. The standard InChI is InChI=1S/C21H20FN5O3S2/c1-4-14(18(28)24-21-26-25-15(32-21)9-30-3)27-10-23-19-17(20(27)29)16(11(2)31-19)12-5-7-13(22)8-6-12/h5-8,10,14H,4,9H2,1-3H3,(H,24,26,28). The molecule has 0 saturated carbocycles. The number of nitrogens with zero attached hydrogens (tertiary/aromatic N) is 4. The molecule has 0 radical (unpaired) electrons. The molecule has 166 valence electrons. The molecule has 4 rings (SSSR count). The highest BCUT2D eigenvalue weighted by Crippen LogP contribution is 2.35. The molecule has 3 heterocycles. The third-order valence-corrected chi connectivity index (χ3v) is 6.76. The van der Waals surface area contributed by atoms with Gasteiger partial charge in [-0.15, -0.1) is 21.5 Å². The second-order valence-electron chi connectivity index (χ2n) is 7.02. The number of hydrogen-bond acceptors (Lipinski definition) is 8. The minimum absolute atomic E-state index is 0.300. The van der Waals surface area contributed by atoms with Gasteiger partial charge in [-0.25, -0.2) is 9.37 Å². The van der Waals surface area contributed by atoms with E-state index in [9.17, 15) is 14.0 Å². The van der Waals surface area contributed by atoms with Crippen LogP contribution in [0.2, 0.25) is 0 Å². The van der Waals surface area contributed by atoms with Gasteiger partial charge in [-0.1, -0.05) is 30.4 Å². The maximum atomic E-state index is 13.5. The summed E-state index contributed by atoms with van der Waals surface area (Å²) < 4.78 is 19.8. The van der Waals surface area contributed by atoms with Crippen molar-refractivity contribution in [2.75, 3.05) is 12.4 Å². The van der Waals surface area contributed by atoms with Gasteiger partial charge in [0.2, 0.25) is 11.0 Å². The number of ether oxygens (including phenoxy) is 1. The number of carbonyl (C=O) groups excluding carboxylic acids is 1. The minimum atomic E-state index is -0.782. The number of benzene rings is 1. The third kappa shape index (κ3) is 4.18. The van der Waals surface area contributed by atoms with Crippen molar-refractivity contribution in [2.45, 2.75) is 32.9 Å². The van der Waals surface area contributed by atoms with E-state index in [0.717, 1.165) is 10.4 Å². The summed E-state index contributed by atoms with van der Waals surface area (Å²) in [5.74, 6) is -0.735. The minimum Gasteiger partial charge on any atom is -0.377 e. The van der Waals surface area contributed by atoms with Crippen molar-refractivity contribution in [1.29, 1.82) is 0 Å². The van der Waals surface area contributed by atoms with E-state index in [1.54, 1.807) is 19.2 Å². The van der Waals surface area contributed by atoms with Crippen LogP contribution in [0.4, 0.5) is 9.52 Å². The molecule has 11 heteroatoms. The van der Waals surface area contributed by atoms with Gasteiger partial charge in [0, 0.05) is 17.6 Å². The molecule has 8 nitrogen and oxygen atoms in total. The molecule has 1 aromatic carbocycles. The summed E-state index contributed by atoms with van der Waals surface area (Å²) in [6.07, 6.45) is 1.77. The molecule has 1 N–H and O–H groups in total. The van der Waals surface area contributed by atoms with E-state index in [4.69, 9.17) is 4.74 Å². The van der Waals surface area contributed by atoms with Crippen molar-refractivity contribution in [2.24, 2.45) is 0 Å². The van der Waals surface area contributed by atoms with E-state index in [-0.39, 0.29) is 17.3 Å². The predicted octanol–water partition coefficient (Wildman–Crippen LogP) is 4.16. The number of aromatic nitrogens is 4. The fourth-order valence-corrected chi connectivity index (χ4v) is 5.20. The summed E-state index contributed by atoms with van der Waals surface area (Å²) in [7, 11) is 1.55. The van der Waals surface area contributed by atoms with Gasteiger partial charge in [0.1, 0.15) is 28.3 Å². The van der Waals surface area contributed by atoms with Crippen LogP contribution < -0.4 is 10.9 Å². The number of anilines is 1. The summed E-state index contributed by atoms with van der Waals surface area (Å²) >= 11 is 2.60. The number of fused-ring (bicyclic) bond motifs is 1. The van der Waals surface area contributed by atoms with Crippen molar-refractivity contribution >= 4 is 43.9 Å².